The summed E-state index contributed by atoms with van der Waals surface area (Å²) in [5.41, 5.74) is 2.88. The van der Waals surface area contributed by atoms with Crippen LogP contribution in [0.3, 0.4) is 0 Å². The van der Waals surface area contributed by atoms with Crippen LogP contribution in [0, 0.1) is 11.3 Å². The molecule has 0 unspecified atom stereocenters. The van der Waals surface area contributed by atoms with Crippen molar-refractivity contribution in [2.75, 3.05) is 0 Å². The molecule has 0 fully saturated rings. The van der Waals surface area contributed by atoms with Crippen molar-refractivity contribution in [3.8, 4) is 6.07 Å². The number of rotatable bonds is 4. The van der Waals surface area contributed by atoms with Gasteiger partial charge in [-0.3, -0.25) is 9.36 Å². The third-order valence-corrected chi connectivity index (χ3v) is 5.96. The summed E-state index contributed by atoms with van der Waals surface area (Å²) in [4.78, 5) is 20.4. The van der Waals surface area contributed by atoms with Crippen LogP contribution in [0.2, 0.25) is 0 Å². The summed E-state index contributed by atoms with van der Waals surface area (Å²) in [5, 5.41) is 9.94. The fraction of sp³-hybridized carbons (Fsp3) is 0.350. The zero-order valence-electron chi connectivity index (χ0n) is 14.2. The second kappa shape index (κ2) is 6.45. The van der Waals surface area contributed by atoms with Crippen LogP contribution in [0.5, 0.6) is 0 Å². The fourth-order valence-corrected chi connectivity index (χ4v) is 4.89. The number of thiophene rings is 1. The Kier molecular flexibility index (Phi) is 4.14. The van der Waals surface area contributed by atoms with E-state index < -0.39 is 0 Å². The quantitative estimate of drug-likeness (QED) is 0.719. The van der Waals surface area contributed by atoms with Crippen LogP contribution in [0.15, 0.2) is 29.1 Å². The van der Waals surface area contributed by atoms with Crippen LogP contribution in [0.1, 0.15) is 47.2 Å². The van der Waals surface area contributed by atoms with Gasteiger partial charge in [-0.25, -0.2) is 4.98 Å². The monoisotopic (exact) mass is 349 g/mol. The summed E-state index contributed by atoms with van der Waals surface area (Å²) >= 11 is 1.69. The van der Waals surface area contributed by atoms with Gasteiger partial charge in [-0.15, -0.1) is 11.3 Å². The summed E-state index contributed by atoms with van der Waals surface area (Å²) in [5.74, 6) is 0.849. The molecular weight excluding hydrogens is 330 g/mol. The molecule has 4 rings (SSSR count). The molecule has 0 saturated heterocycles. The first-order chi connectivity index (χ1) is 12.2. The summed E-state index contributed by atoms with van der Waals surface area (Å²) in [6.45, 7) is 2.57. The Hall–Kier alpha value is -2.45. The van der Waals surface area contributed by atoms with Crippen molar-refractivity contribution in [1.82, 2.24) is 9.55 Å². The van der Waals surface area contributed by atoms with E-state index in [-0.39, 0.29) is 5.56 Å². The summed E-state index contributed by atoms with van der Waals surface area (Å²) in [6.07, 6.45) is 4.93. The minimum Gasteiger partial charge on any atom is -0.292 e. The third kappa shape index (κ3) is 2.77. The van der Waals surface area contributed by atoms with Gasteiger partial charge in [0.25, 0.3) is 5.56 Å². The minimum absolute atomic E-state index is 0.0789. The average Bonchev–Trinajstić information content (AvgIpc) is 3.19. The molecule has 3 aromatic rings. The highest BCUT2D eigenvalue weighted by Gasteiger charge is 2.23. The summed E-state index contributed by atoms with van der Waals surface area (Å²) in [6, 6.07) is 9.63. The lowest BCUT2D eigenvalue weighted by molar-refractivity contribution is 0.665. The third-order valence-electron chi connectivity index (χ3n) is 4.77. The second-order valence-corrected chi connectivity index (χ2v) is 7.60. The largest absolute Gasteiger partial charge is 0.292 e. The van der Waals surface area contributed by atoms with Crippen LogP contribution < -0.4 is 5.56 Å². The van der Waals surface area contributed by atoms with Crippen LogP contribution in [-0.2, 0) is 25.8 Å². The van der Waals surface area contributed by atoms with Gasteiger partial charge in [-0.2, -0.15) is 5.26 Å². The number of nitriles is 1. The molecule has 126 valence electrons. The minimum atomic E-state index is 0.0789. The van der Waals surface area contributed by atoms with Gasteiger partial charge in [-0.05, 0) is 48.9 Å². The highest BCUT2D eigenvalue weighted by molar-refractivity contribution is 7.18. The molecule has 5 heteroatoms. The molecule has 1 aliphatic rings. The van der Waals surface area contributed by atoms with Gasteiger partial charge >= 0.3 is 0 Å². The van der Waals surface area contributed by atoms with E-state index in [9.17, 15) is 4.79 Å². The van der Waals surface area contributed by atoms with Crippen LogP contribution in [-0.4, -0.2) is 9.55 Å². The predicted molar refractivity (Wildman–Crippen MR) is 100 cm³/mol. The predicted octanol–water partition coefficient (Wildman–Crippen LogP) is 3.82. The van der Waals surface area contributed by atoms with Crippen molar-refractivity contribution >= 4 is 21.6 Å². The van der Waals surface area contributed by atoms with E-state index in [1.54, 1.807) is 17.4 Å². The first-order valence-electron chi connectivity index (χ1n) is 8.74. The zero-order chi connectivity index (χ0) is 17.4. The molecule has 0 bridgehead atoms. The molecule has 1 aromatic carbocycles. The molecule has 0 amide bonds. The Labute approximate surface area is 150 Å². The normalized spacial score (nSPS) is 13.1. The maximum Gasteiger partial charge on any atom is 0.262 e. The molecule has 1 aliphatic carbocycles. The fourth-order valence-electron chi connectivity index (χ4n) is 3.62. The van der Waals surface area contributed by atoms with E-state index in [2.05, 4.69) is 13.0 Å². The van der Waals surface area contributed by atoms with Gasteiger partial charge in [0.1, 0.15) is 10.7 Å². The van der Waals surface area contributed by atoms with E-state index in [0.717, 1.165) is 53.7 Å². The van der Waals surface area contributed by atoms with Crippen molar-refractivity contribution in [3.63, 3.8) is 0 Å². The SMILES string of the molecule is CCCc1nc2sc3c(c2c(=O)n1Cc1cccc(C#N)c1)CCC3. The molecule has 25 heavy (non-hydrogen) atoms. The number of benzene rings is 1. The topological polar surface area (TPSA) is 58.7 Å². The van der Waals surface area contributed by atoms with E-state index in [0.29, 0.717) is 12.1 Å². The second-order valence-electron chi connectivity index (χ2n) is 6.52. The number of aromatic nitrogens is 2. The maximum atomic E-state index is 13.3. The van der Waals surface area contributed by atoms with E-state index >= 15 is 0 Å². The first kappa shape index (κ1) is 16.0. The molecule has 0 spiro atoms. The van der Waals surface area contributed by atoms with E-state index in [4.69, 9.17) is 10.2 Å². The van der Waals surface area contributed by atoms with Gasteiger partial charge in [0.15, 0.2) is 0 Å². The zero-order valence-corrected chi connectivity index (χ0v) is 15.0. The van der Waals surface area contributed by atoms with Crippen molar-refractivity contribution in [2.24, 2.45) is 0 Å². The average molecular weight is 349 g/mol. The number of hydrogen-bond donors (Lipinski definition) is 0. The number of hydrogen-bond acceptors (Lipinski definition) is 4. The Morgan fingerprint density at radius 3 is 3.04 bits per heavy atom. The van der Waals surface area contributed by atoms with Gasteiger partial charge in [0.05, 0.1) is 23.6 Å². The molecule has 0 aliphatic heterocycles. The molecule has 4 nitrogen and oxygen atoms in total. The van der Waals surface area contributed by atoms with Crippen LogP contribution >= 0.6 is 11.3 Å². The Morgan fingerprint density at radius 2 is 2.24 bits per heavy atom. The Morgan fingerprint density at radius 1 is 1.36 bits per heavy atom. The van der Waals surface area contributed by atoms with E-state index in [1.165, 1.54) is 10.4 Å². The highest BCUT2D eigenvalue weighted by atomic mass is 32.1. The molecule has 0 atom stereocenters. The lowest BCUT2D eigenvalue weighted by Crippen LogP contribution is -2.26. The molecular formula is C20H19N3OS. The highest BCUT2D eigenvalue weighted by Crippen LogP contribution is 2.34. The molecule has 0 saturated carbocycles. The summed E-state index contributed by atoms with van der Waals surface area (Å²) < 4.78 is 1.81. The maximum absolute atomic E-state index is 13.3. The Bertz CT molecular complexity index is 1060. The van der Waals surface area contributed by atoms with E-state index in [1.807, 2.05) is 22.8 Å². The van der Waals surface area contributed by atoms with Crippen molar-refractivity contribution in [3.05, 3.63) is 62.0 Å². The lowest BCUT2D eigenvalue weighted by Gasteiger charge is -2.12. The Balaban J connectivity index is 1.88. The number of aryl methyl sites for hydroxylation is 3. The standard InChI is InChI=1S/C20H19N3OS/c1-2-5-17-22-19-18(15-8-4-9-16(15)25-19)20(24)23(17)12-14-7-3-6-13(10-14)11-21/h3,6-7,10H,2,4-5,8-9,12H2,1H3. The van der Waals surface area contributed by atoms with Gasteiger partial charge in [0, 0.05) is 11.3 Å². The summed E-state index contributed by atoms with van der Waals surface area (Å²) in [7, 11) is 0. The van der Waals surface area contributed by atoms with Gasteiger partial charge < -0.3 is 0 Å². The molecule has 0 N–H and O–H groups in total. The van der Waals surface area contributed by atoms with Crippen LogP contribution in [0.4, 0.5) is 0 Å². The van der Waals surface area contributed by atoms with Crippen molar-refractivity contribution < 1.29 is 0 Å². The lowest BCUT2D eigenvalue weighted by atomic mass is 10.1. The number of nitrogens with zero attached hydrogens (tertiary/aromatic N) is 3. The number of fused-ring (bicyclic) bond motifs is 3. The van der Waals surface area contributed by atoms with Gasteiger partial charge in [0.2, 0.25) is 0 Å². The molecule has 2 heterocycles. The van der Waals surface area contributed by atoms with Crippen LogP contribution in [0.25, 0.3) is 10.2 Å². The first-order valence-corrected chi connectivity index (χ1v) is 9.56. The van der Waals surface area contributed by atoms with Crippen molar-refractivity contribution in [2.45, 2.75) is 45.6 Å². The smallest absolute Gasteiger partial charge is 0.262 e. The molecule has 0 radical (unpaired) electrons. The molecule has 2 aromatic heterocycles. The van der Waals surface area contributed by atoms with Crippen molar-refractivity contribution in [1.29, 1.82) is 5.26 Å². The van der Waals surface area contributed by atoms with Gasteiger partial charge in [-0.1, -0.05) is 19.1 Å².